The molecule has 0 fully saturated rings. The molecule has 0 aromatic rings. The Labute approximate surface area is 119 Å². The summed E-state index contributed by atoms with van der Waals surface area (Å²) < 4.78 is 10.2. The van der Waals surface area contributed by atoms with Crippen LogP contribution in [-0.4, -0.2) is 46.4 Å². The van der Waals surface area contributed by atoms with Crippen molar-refractivity contribution in [1.82, 2.24) is 10.0 Å². The van der Waals surface area contributed by atoms with Gasteiger partial charge in [-0.3, -0.25) is 4.79 Å². The van der Waals surface area contributed by atoms with Gasteiger partial charge in [-0.1, -0.05) is 0 Å². The average Bonchev–Trinajstić information content (AvgIpc) is 2.10. The van der Waals surface area contributed by atoms with E-state index in [1.807, 2.05) is 0 Å². The van der Waals surface area contributed by atoms with E-state index in [2.05, 4.69) is 0 Å². The predicted octanol–water partition coefficient (Wildman–Crippen LogP) is 2.55. The van der Waals surface area contributed by atoms with Crippen molar-refractivity contribution in [3.63, 3.8) is 0 Å². The second kappa shape index (κ2) is 6.11. The van der Waals surface area contributed by atoms with Crippen molar-refractivity contribution in [2.45, 2.75) is 59.7 Å². The molecule has 0 aliphatic heterocycles. The van der Waals surface area contributed by atoms with E-state index in [4.69, 9.17) is 9.47 Å². The minimum atomic E-state index is -0.968. The molecule has 0 heterocycles. The molecular formula is C13H24N2O5. The maximum Gasteiger partial charge on any atom is 0.439 e. The van der Waals surface area contributed by atoms with Crippen LogP contribution in [0.3, 0.4) is 0 Å². The van der Waals surface area contributed by atoms with Crippen molar-refractivity contribution >= 4 is 18.1 Å². The van der Waals surface area contributed by atoms with E-state index in [-0.39, 0.29) is 0 Å². The highest BCUT2D eigenvalue weighted by molar-refractivity contribution is 5.90. The van der Waals surface area contributed by atoms with Crippen LogP contribution >= 0.6 is 0 Å². The lowest BCUT2D eigenvalue weighted by molar-refractivity contribution is -0.141. The molecule has 7 nitrogen and oxygen atoms in total. The van der Waals surface area contributed by atoms with E-state index in [1.54, 1.807) is 41.5 Å². The van der Waals surface area contributed by atoms with Crippen molar-refractivity contribution in [1.29, 1.82) is 0 Å². The van der Waals surface area contributed by atoms with Gasteiger partial charge in [0.05, 0.1) is 0 Å². The second-order valence-corrected chi connectivity index (χ2v) is 6.32. The van der Waals surface area contributed by atoms with Crippen LogP contribution in [0.5, 0.6) is 0 Å². The van der Waals surface area contributed by atoms with E-state index in [1.165, 1.54) is 14.0 Å². The third kappa shape index (κ3) is 6.40. The maximum atomic E-state index is 12.0. The van der Waals surface area contributed by atoms with E-state index < -0.39 is 29.3 Å². The first kappa shape index (κ1) is 18.2. The molecule has 0 aromatic carbocycles. The quantitative estimate of drug-likeness (QED) is 0.640. The van der Waals surface area contributed by atoms with Crippen molar-refractivity contribution < 1.29 is 23.9 Å². The molecule has 3 amide bonds. The Morgan fingerprint density at radius 3 is 1.30 bits per heavy atom. The highest BCUT2D eigenvalue weighted by Gasteiger charge is 2.35. The SMILES string of the molecule is CC(=O)N(C)N(C(=O)OC(C)(C)C)C(=O)OC(C)(C)C. The number of hydrazine groups is 1. The van der Waals surface area contributed by atoms with Gasteiger partial charge in [0, 0.05) is 14.0 Å². The lowest BCUT2D eigenvalue weighted by Crippen LogP contribution is -2.53. The van der Waals surface area contributed by atoms with Crippen LogP contribution in [-0.2, 0) is 14.3 Å². The zero-order valence-corrected chi connectivity index (χ0v) is 13.4. The van der Waals surface area contributed by atoms with E-state index in [0.29, 0.717) is 5.01 Å². The third-order valence-electron chi connectivity index (χ3n) is 1.89. The minimum absolute atomic E-state index is 0.498. The number of hydrogen-bond donors (Lipinski definition) is 0. The van der Waals surface area contributed by atoms with Gasteiger partial charge in [-0.25, -0.2) is 14.6 Å². The number of ether oxygens (including phenoxy) is 2. The molecule has 0 aromatic heterocycles. The minimum Gasteiger partial charge on any atom is -0.442 e. The molecule has 0 atom stereocenters. The Bertz CT molecular complexity index is 365. The summed E-state index contributed by atoms with van der Waals surface area (Å²) in [4.78, 5) is 35.5. The molecule has 0 aliphatic carbocycles. The summed E-state index contributed by atoms with van der Waals surface area (Å²) >= 11 is 0. The third-order valence-corrected chi connectivity index (χ3v) is 1.89. The summed E-state index contributed by atoms with van der Waals surface area (Å²) in [7, 11) is 1.29. The average molecular weight is 288 g/mol. The van der Waals surface area contributed by atoms with Crippen molar-refractivity contribution in [3.05, 3.63) is 0 Å². The first-order valence-corrected chi connectivity index (χ1v) is 6.25. The number of rotatable bonds is 0. The van der Waals surface area contributed by atoms with Crippen LogP contribution in [0.1, 0.15) is 48.5 Å². The summed E-state index contributed by atoms with van der Waals surface area (Å²) in [5.74, 6) is -0.498. The van der Waals surface area contributed by atoms with Crippen LogP contribution in [0.15, 0.2) is 0 Å². The first-order chi connectivity index (χ1) is 8.74. The van der Waals surface area contributed by atoms with Gasteiger partial charge in [-0.15, -0.1) is 5.01 Å². The van der Waals surface area contributed by atoms with Gasteiger partial charge in [0.25, 0.3) is 0 Å². The monoisotopic (exact) mass is 288 g/mol. The van der Waals surface area contributed by atoms with Gasteiger partial charge < -0.3 is 9.47 Å². The second-order valence-electron chi connectivity index (χ2n) is 6.32. The number of hydrogen-bond acceptors (Lipinski definition) is 5. The van der Waals surface area contributed by atoms with Gasteiger partial charge in [0.2, 0.25) is 5.91 Å². The molecule has 0 spiro atoms. The lowest BCUT2D eigenvalue weighted by Gasteiger charge is -2.32. The Balaban J connectivity index is 5.24. The fourth-order valence-electron chi connectivity index (χ4n) is 1.07. The number of imide groups is 1. The van der Waals surface area contributed by atoms with Crippen molar-refractivity contribution in [2.75, 3.05) is 7.05 Å². The molecule has 0 saturated heterocycles. The predicted molar refractivity (Wildman–Crippen MR) is 72.8 cm³/mol. The van der Waals surface area contributed by atoms with Crippen LogP contribution < -0.4 is 0 Å². The zero-order valence-electron chi connectivity index (χ0n) is 13.4. The van der Waals surface area contributed by atoms with Gasteiger partial charge in [-0.05, 0) is 41.5 Å². The fourth-order valence-corrected chi connectivity index (χ4v) is 1.07. The van der Waals surface area contributed by atoms with Gasteiger partial charge in [0.1, 0.15) is 11.2 Å². The molecular weight excluding hydrogens is 264 g/mol. The largest absolute Gasteiger partial charge is 0.442 e. The maximum absolute atomic E-state index is 12.0. The number of carbonyl (C=O) groups is 3. The topological polar surface area (TPSA) is 76.2 Å². The van der Waals surface area contributed by atoms with Crippen LogP contribution in [0.4, 0.5) is 9.59 Å². The molecule has 7 heteroatoms. The molecule has 0 radical (unpaired) electrons. The number of nitrogens with zero attached hydrogens (tertiary/aromatic N) is 2. The number of amides is 3. The Morgan fingerprint density at radius 2 is 1.10 bits per heavy atom. The van der Waals surface area contributed by atoms with Crippen LogP contribution in [0, 0.1) is 0 Å². The first-order valence-electron chi connectivity index (χ1n) is 6.25. The van der Waals surface area contributed by atoms with Crippen molar-refractivity contribution in [2.24, 2.45) is 0 Å². The Kier molecular flexibility index (Phi) is 5.56. The highest BCUT2D eigenvalue weighted by atomic mass is 16.6. The summed E-state index contributed by atoms with van der Waals surface area (Å²) in [5.41, 5.74) is -1.59. The molecule has 0 bridgehead atoms. The van der Waals surface area contributed by atoms with Gasteiger partial charge in [-0.2, -0.15) is 0 Å². The van der Waals surface area contributed by atoms with Gasteiger partial charge in [0.15, 0.2) is 0 Å². The zero-order chi connectivity index (χ0) is 16.3. The van der Waals surface area contributed by atoms with Gasteiger partial charge >= 0.3 is 12.2 Å². The molecule has 0 rings (SSSR count). The standard InChI is InChI=1S/C13H24N2O5/c1-9(16)14(8)15(10(17)19-12(2,3)4)11(18)20-13(5,6)7/h1-8H3. The Morgan fingerprint density at radius 1 is 0.800 bits per heavy atom. The van der Waals surface area contributed by atoms with Crippen LogP contribution in [0.2, 0.25) is 0 Å². The molecule has 0 N–H and O–H groups in total. The Hall–Kier alpha value is -1.79. The van der Waals surface area contributed by atoms with E-state index in [9.17, 15) is 14.4 Å². The fraction of sp³-hybridized carbons (Fsp3) is 0.769. The summed E-state index contributed by atoms with van der Waals surface area (Å²) in [6.07, 6.45) is -1.94. The van der Waals surface area contributed by atoms with E-state index in [0.717, 1.165) is 5.01 Å². The summed E-state index contributed by atoms with van der Waals surface area (Å²) in [5, 5.41) is 1.39. The molecule has 20 heavy (non-hydrogen) atoms. The normalized spacial score (nSPS) is 11.6. The molecule has 116 valence electrons. The van der Waals surface area contributed by atoms with Crippen molar-refractivity contribution in [3.8, 4) is 0 Å². The van der Waals surface area contributed by atoms with E-state index >= 15 is 0 Å². The summed E-state index contributed by atoms with van der Waals surface area (Å²) in [6.45, 7) is 11.2. The number of carbonyl (C=O) groups excluding carboxylic acids is 3. The lowest BCUT2D eigenvalue weighted by atomic mass is 10.2. The molecule has 0 aliphatic rings. The highest BCUT2D eigenvalue weighted by Crippen LogP contribution is 2.15. The smallest absolute Gasteiger partial charge is 0.439 e. The summed E-state index contributed by atoms with van der Waals surface area (Å²) in [6, 6.07) is 0. The molecule has 0 saturated carbocycles. The molecule has 0 unspecified atom stereocenters. The van der Waals surface area contributed by atoms with Crippen LogP contribution in [0.25, 0.3) is 0 Å².